The lowest BCUT2D eigenvalue weighted by atomic mass is 9.91. The first-order valence-electron chi connectivity index (χ1n) is 11.0. The summed E-state index contributed by atoms with van der Waals surface area (Å²) >= 11 is 0. The third-order valence-corrected chi connectivity index (χ3v) is 5.95. The van der Waals surface area contributed by atoms with Crippen LogP contribution in [0.3, 0.4) is 0 Å². The van der Waals surface area contributed by atoms with E-state index in [4.69, 9.17) is 4.74 Å². The van der Waals surface area contributed by atoms with Crippen molar-refractivity contribution in [3.63, 3.8) is 0 Å². The van der Waals surface area contributed by atoms with Crippen molar-refractivity contribution in [1.82, 2.24) is 10.2 Å². The summed E-state index contributed by atoms with van der Waals surface area (Å²) in [4.78, 5) is 27.7. The molecule has 1 N–H and O–H groups in total. The molecule has 0 aliphatic carbocycles. The highest BCUT2D eigenvalue weighted by Gasteiger charge is 2.28. The molecule has 1 aliphatic rings. The highest BCUT2D eigenvalue weighted by Crippen LogP contribution is 2.26. The van der Waals surface area contributed by atoms with Gasteiger partial charge < -0.3 is 15.0 Å². The first-order chi connectivity index (χ1) is 15.7. The number of hydrogen-bond donors (Lipinski definition) is 1. The summed E-state index contributed by atoms with van der Waals surface area (Å²) in [6.45, 7) is 1.38. The Morgan fingerprint density at radius 1 is 0.969 bits per heavy atom. The van der Waals surface area contributed by atoms with Crippen LogP contribution in [0.1, 0.15) is 11.1 Å². The summed E-state index contributed by atoms with van der Waals surface area (Å²) in [6.07, 6.45) is 0.834. The van der Waals surface area contributed by atoms with Gasteiger partial charge >= 0.3 is 0 Å². The van der Waals surface area contributed by atoms with Gasteiger partial charge in [-0.1, -0.05) is 72.8 Å². The van der Waals surface area contributed by atoms with E-state index in [9.17, 15) is 9.59 Å². The molecule has 1 aliphatic heterocycles. The lowest BCUT2D eigenvalue weighted by Gasteiger charge is -2.24. The van der Waals surface area contributed by atoms with E-state index in [2.05, 4.69) is 29.6 Å². The fraction of sp³-hybridized carbons (Fsp3) is 0.259. The highest BCUT2D eigenvalue weighted by molar-refractivity contribution is 5.83. The molecule has 3 aromatic carbocycles. The number of benzene rings is 3. The van der Waals surface area contributed by atoms with Crippen molar-refractivity contribution in [2.24, 2.45) is 5.92 Å². The van der Waals surface area contributed by atoms with E-state index in [0.29, 0.717) is 31.8 Å². The molecule has 164 valence electrons. The maximum absolute atomic E-state index is 13.1. The van der Waals surface area contributed by atoms with Crippen LogP contribution in [0, 0.1) is 5.92 Å². The van der Waals surface area contributed by atoms with Gasteiger partial charge in [0, 0.05) is 25.2 Å². The minimum atomic E-state index is -0.302. The second kappa shape index (κ2) is 10.1. The molecular formula is C27H28N2O3. The molecule has 0 radical (unpaired) electrons. The van der Waals surface area contributed by atoms with Gasteiger partial charge in [0.1, 0.15) is 5.75 Å². The number of carbonyl (C=O) groups excluding carboxylic acids is 2. The van der Waals surface area contributed by atoms with Gasteiger partial charge in [0.25, 0.3) is 0 Å². The molecule has 1 fully saturated rings. The Bertz CT molecular complexity index is 1080. The van der Waals surface area contributed by atoms with Gasteiger partial charge in [0.05, 0.1) is 19.4 Å². The van der Waals surface area contributed by atoms with Crippen LogP contribution in [0.15, 0.2) is 78.9 Å². The zero-order valence-electron chi connectivity index (χ0n) is 18.3. The predicted molar refractivity (Wildman–Crippen MR) is 125 cm³/mol. The Hall–Kier alpha value is -3.60. The van der Waals surface area contributed by atoms with Crippen LogP contribution in [-0.2, 0) is 22.4 Å². The summed E-state index contributed by atoms with van der Waals surface area (Å²) in [5, 5.41) is 2.99. The molecule has 2 amide bonds. The van der Waals surface area contributed by atoms with E-state index in [1.54, 1.807) is 12.0 Å². The van der Waals surface area contributed by atoms with Crippen molar-refractivity contribution in [3.05, 3.63) is 90.0 Å². The Morgan fingerprint density at radius 2 is 1.66 bits per heavy atom. The lowest BCUT2D eigenvalue weighted by Crippen LogP contribution is -2.38. The number of ether oxygens (including phenoxy) is 1. The van der Waals surface area contributed by atoms with Gasteiger partial charge in [-0.3, -0.25) is 9.59 Å². The average Bonchev–Trinajstić information content (AvgIpc) is 3.02. The maximum atomic E-state index is 13.1. The SMILES string of the molecule is COc1ccccc1CC(=O)N1CCNC(=O)[C@H](Cc2ccccc2-c2ccccc2)C1. The third kappa shape index (κ3) is 4.99. The molecule has 5 nitrogen and oxygen atoms in total. The van der Waals surface area contributed by atoms with E-state index in [-0.39, 0.29) is 24.2 Å². The molecule has 32 heavy (non-hydrogen) atoms. The normalized spacial score (nSPS) is 16.2. The second-order valence-corrected chi connectivity index (χ2v) is 8.04. The number of para-hydroxylation sites is 1. The van der Waals surface area contributed by atoms with Crippen LogP contribution in [0.2, 0.25) is 0 Å². The van der Waals surface area contributed by atoms with Crippen LogP contribution < -0.4 is 10.1 Å². The minimum absolute atomic E-state index is 0.000423. The average molecular weight is 429 g/mol. The first-order valence-corrected chi connectivity index (χ1v) is 11.0. The van der Waals surface area contributed by atoms with E-state index >= 15 is 0 Å². The third-order valence-electron chi connectivity index (χ3n) is 5.95. The van der Waals surface area contributed by atoms with Gasteiger partial charge in [-0.25, -0.2) is 0 Å². The first kappa shape index (κ1) is 21.6. The molecular weight excluding hydrogens is 400 g/mol. The standard InChI is InChI=1S/C27H28N2O3/c1-32-25-14-8-6-12-22(25)18-26(30)29-16-15-28-27(31)23(19-29)17-21-11-5-7-13-24(21)20-9-3-2-4-10-20/h2-14,23H,15-19H2,1H3,(H,28,31)/t23-/m1/s1. The number of nitrogens with zero attached hydrogens (tertiary/aromatic N) is 1. The van der Waals surface area contributed by atoms with Gasteiger partial charge in [-0.05, 0) is 29.2 Å². The number of hydrogen-bond acceptors (Lipinski definition) is 3. The van der Waals surface area contributed by atoms with E-state index in [0.717, 1.165) is 22.3 Å². The zero-order valence-corrected chi connectivity index (χ0v) is 18.3. The van der Waals surface area contributed by atoms with Crippen molar-refractivity contribution >= 4 is 11.8 Å². The van der Waals surface area contributed by atoms with Crippen LogP contribution in [0.4, 0.5) is 0 Å². The van der Waals surface area contributed by atoms with Crippen molar-refractivity contribution in [2.75, 3.05) is 26.7 Å². The van der Waals surface area contributed by atoms with Crippen LogP contribution in [0.5, 0.6) is 5.75 Å². The van der Waals surface area contributed by atoms with Gasteiger partial charge in [0.15, 0.2) is 0 Å². The molecule has 0 spiro atoms. The van der Waals surface area contributed by atoms with Gasteiger partial charge in [-0.2, -0.15) is 0 Å². The summed E-state index contributed by atoms with van der Waals surface area (Å²) in [5.41, 5.74) is 4.21. The van der Waals surface area contributed by atoms with Crippen molar-refractivity contribution in [1.29, 1.82) is 0 Å². The lowest BCUT2D eigenvalue weighted by molar-refractivity contribution is -0.131. The summed E-state index contributed by atoms with van der Waals surface area (Å²) in [7, 11) is 1.61. The zero-order chi connectivity index (χ0) is 22.3. The Morgan fingerprint density at radius 3 is 2.44 bits per heavy atom. The Kier molecular flexibility index (Phi) is 6.85. The topological polar surface area (TPSA) is 58.6 Å². The summed E-state index contributed by atoms with van der Waals surface area (Å²) < 4.78 is 5.39. The van der Waals surface area contributed by atoms with Crippen molar-refractivity contribution < 1.29 is 14.3 Å². The quantitative estimate of drug-likeness (QED) is 0.651. The number of nitrogens with one attached hydrogen (secondary N) is 1. The summed E-state index contributed by atoms with van der Waals surface area (Å²) in [6, 6.07) is 25.9. The molecule has 1 saturated heterocycles. The number of carbonyl (C=O) groups is 2. The molecule has 0 aromatic heterocycles. The summed E-state index contributed by atoms with van der Waals surface area (Å²) in [5.74, 6) is 0.412. The van der Waals surface area contributed by atoms with E-state index < -0.39 is 0 Å². The number of rotatable bonds is 6. The molecule has 0 saturated carbocycles. The smallest absolute Gasteiger partial charge is 0.227 e. The molecule has 0 unspecified atom stereocenters. The van der Waals surface area contributed by atoms with E-state index in [1.807, 2.05) is 54.6 Å². The van der Waals surface area contributed by atoms with E-state index in [1.165, 1.54) is 0 Å². The van der Waals surface area contributed by atoms with Gasteiger partial charge in [-0.15, -0.1) is 0 Å². The molecule has 0 bridgehead atoms. The number of amides is 2. The monoisotopic (exact) mass is 428 g/mol. The Balaban J connectivity index is 1.52. The molecule has 3 aromatic rings. The van der Waals surface area contributed by atoms with Crippen LogP contribution >= 0.6 is 0 Å². The van der Waals surface area contributed by atoms with Gasteiger partial charge in [0.2, 0.25) is 11.8 Å². The number of methoxy groups -OCH3 is 1. The van der Waals surface area contributed by atoms with Crippen molar-refractivity contribution in [2.45, 2.75) is 12.8 Å². The fourth-order valence-electron chi connectivity index (χ4n) is 4.27. The fourth-order valence-corrected chi connectivity index (χ4v) is 4.27. The van der Waals surface area contributed by atoms with Crippen molar-refractivity contribution in [3.8, 4) is 16.9 Å². The molecule has 1 heterocycles. The highest BCUT2D eigenvalue weighted by atomic mass is 16.5. The molecule has 5 heteroatoms. The maximum Gasteiger partial charge on any atom is 0.227 e. The Labute approximate surface area is 189 Å². The minimum Gasteiger partial charge on any atom is -0.496 e. The second-order valence-electron chi connectivity index (χ2n) is 8.04. The molecule has 4 rings (SSSR count). The van der Waals surface area contributed by atoms with Crippen LogP contribution in [0.25, 0.3) is 11.1 Å². The van der Waals surface area contributed by atoms with Crippen LogP contribution in [-0.4, -0.2) is 43.5 Å². The predicted octanol–water partition coefficient (Wildman–Crippen LogP) is 3.72. The molecule has 1 atom stereocenters. The largest absolute Gasteiger partial charge is 0.496 e.